The van der Waals surface area contributed by atoms with Crippen molar-refractivity contribution in [3.05, 3.63) is 75.8 Å². The number of rotatable bonds is 12. The highest BCUT2D eigenvalue weighted by molar-refractivity contribution is 7.92. The smallest absolute Gasteiger partial charge is 0.323 e. The fraction of sp³-hybridized carbons (Fsp3) is 0.296. The Labute approximate surface area is 235 Å². The fourth-order valence-corrected chi connectivity index (χ4v) is 7.15. The van der Waals surface area contributed by atoms with Crippen LogP contribution in [0.15, 0.2) is 58.8 Å². The molecule has 39 heavy (non-hydrogen) atoms. The van der Waals surface area contributed by atoms with E-state index in [9.17, 15) is 18.0 Å². The van der Waals surface area contributed by atoms with Gasteiger partial charge in [-0.15, -0.1) is 11.3 Å². The predicted octanol–water partition coefficient (Wildman–Crippen LogP) is 4.17. The number of hydrogen-bond acceptors (Lipinski definition) is 9. The lowest BCUT2D eigenvalue weighted by Crippen LogP contribution is -2.33. The Morgan fingerprint density at radius 3 is 2.54 bits per heavy atom. The molecule has 2 aromatic heterocycles. The molecule has 0 amide bonds. The van der Waals surface area contributed by atoms with Crippen LogP contribution in [0.3, 0.4) is 0 Å². The number of hydrogen-bond donors (Lipinski definition) is 1. The van der Waals surface area contributed by atoms with Gasteiger partial charge in [-0.3, -0.25) is 14.3 Å². The maximum Gasteiger partial charge on any atom is 0.323 e. The van der Waals surface area contributed by atoms with E-state index < -0.39 is 21.8 Å². The second kappa shape index (κ2) is 12.3. The number of sulfone groups is 1. The van der Waals surface area contributed by atoms with Gasteiger partial charge in [-0.1, -0.05) is 41.9 Å². The van der Waals surface area contributed by atoms with Crippen molar-refractivity contribution in [1.82, 2.24) is 9.78 Å². The molecular weight excluding hydrogens is 562 g/mol. The van der Waals surface area contributed by atoms with Crippen molar-refractivity contribution < 1.29 is 27.5 Å². The van der Waals surface area contributed by atoms with E-state index in [1.54, 1.807) is 16.8 Å². The minimum atomic E-state index is -3.67. The first-order valence-corrected chi connectivity index (χ1v) is 14.9. The number of nitrogens with two attached hydrogens (primary N) is 1. The summed E-state index contributed by atoms with van der Waals surface area (Å²) in [5.41, 5.74) is 8.69. The maximum absolute atomic E-state index is 13.1. The average Bonchev–Trinajstić information content (AvgIpc) is 3.51. The molecule has 4 rings (SSSR count). The Morgan fingerprint density at radius 2 is 1.85 bits per heavy atom. The number of aryl methyl sites for hydroxylation is 1. The maximum atomic E-state index is 13.1. The number of thiophene rings is 1. The molecule has 4 aromatic rings. The van der Waals surface area contributed by atoms with Gasteiger partial charge in [-0.25, -0.2) is 8.42 Å². The molecule has 1 unspecified atom stereocenters. The number of fused-ring (bicyclic) bond motifs is 1. The average molecular weight is 590 g/mol. The van der Waals surface area contributed by atoms with Crippen molar-refractivity contribution in [3.8, 4) is 5.75 Å². The van der Waals surface area contributed by atoms with Gasteiger partial charge in [0.1, 0.15) is 27.5 Å². The molecule has 2 N–H and O–H groups in total. The first-order valence-electron chi connectivity index (χ1n) is 12.0. The van der Waals surface area contributed by atoms with Crippen LogP contribution in [0.4, 0.5) is 0 Å². The third-order valence-corrected chi connectivity index (χ3v) is 9.62. The molecule has 0 aliphatic heterocycles. The van der Waals surface area contributed by atoms with E-state index in [0.29, 0.717) is 34.1 Å². The molecule has 12 heteroatoms. The Balaban J connectivity index is 1.56. The summed E-state index contributed by atoms with van der Waals surface area (Å²) in [5.74, 6) is -0.504. The molecule has 2 heterocycles. The molecule has 1 atom stereocenters. The largest absolute Gasteiger partial charge is 0.496 e. The fourth-order valence-electron chi connectivity index (χ4n) is 4.30. The van der Waals surface area contributed by atoms with E-state index in [0.717, 1.165) is 28.0 Å². The first kappa shape index (κ1) is 28.8. The van der Waals surface area contributed by atoms with Crippen LogP contribution in [0.2, 0.25) is 4.34 Å². The summed E-state index contributed by atoms with van der Waals surface area (Å²) in [7, 11) is -0.905. The standard InChI is InChI=1S/C27H28ClN3O6S2/c1-36-23-8-4-7-22-26(23)21(16-39(34,35)25-12-11-24(28)38-25)30-31(22)15-18-6-3-5-17(13-18)9-10-19(32)14-20(29)27(33)37-2/h3-8,11-13,20H,9-10,14-16,29H2,1-2H3. The lowest BCUT2D eigenvalue weighted by atomic mass is 10.0. The number of Topliss-reactive ketones (excluding diaryl/α,β-unsaturated/α-hetero) is 1. The van der Waals surface area contributed by atoms with Crippen LogP contribution in [0.1, 0.15) is 29.7 Å². The molecule has 0 bridgehead atoms. The number of aromatic nitrogens is 2. The second-order valence-electron chi connectivity index (χ2n) is 8.97. The lowest BCUT2D eigenvalue weighted by molar-refractivity contribution is -0.143. The SMILES string of the molecule is COC(=O)C(N)CC(=O)CCc1cccc(Cn2nc(CS(=O)(=O)c3ccc(Cl)s3)c3c(OC)cccc32)c1. The van der Waals surface area contributed by atoms with Crippen molar-refractivity contribution in [2.45, 2.75) is 41.8 Å². The van der Waals surface area contributed by atoms with Crippen molar-refractivity contribution in [1.29, 1.82) is 0 Å². The van der Waals surface area contributed by atoms with Gasteiger partial charge in [-0.2, -0.15) is 5.10 Å². The summed E-state index contributed by atoms with van der Waals surface area (Å²) in [5, 5.41) is 5.32. The highest BCUT2D eigenvalue weighted by Gasteiger charge is 2.24. The van der Waals surface area contributed by atoms with Crippen LogP contribution in [0.5, 0.6) is 5.75 Å². The normalized spacial score (nSPS) is 12.4. The van der Waals surface area contributed by atoms with Crippen molar-refractivity contribution in [3.63, 3.8) is 0 Å². The number of halogens is 1. The van der Waals surface area contributed by atoms with E-state index in [2.05, 4.69) is 9.84 Å². The van der Waals surface area contributed by atoms with Gasteiger partial charge >= 0.3 is 5.97 Å². The second-order valence-corrected chi connectivity index (χ2v) is 12.9. The van der Waals surface area contributed by atoms with Crippen LogP contribution >= 0.6 is 22.9 Å². The molecule has 9 nitrogen and oxygen atoms in total. The Morgan fingerprint density at radius 1 is 1.10 bits per heavy atom. The number of nitrogens with zero attached hydrogens (tertiary/aromatic N) is 2. The van der Waals surface area contributed by atoms with Gasteiger partial charge in [-0.05, 0) is 41.8 Å². The zero-order chi connectivity index (χ0) is 28.2. The highest BCUT2D eigenvalue weighted by atomic mass is 35.5. The van der Waals surface area contributed by atoms with Gasteiger partial charge in [0.05, 0.1) is 41.7 Å². The van der Waals surface area contributed by atoms with E-state index in [1.165, 1.54) is 20.3 Å². The van der Waals surface area contributed by atoms with Crippen LogP contribution in [0, 0.1) is 0 Å². The van der Waals surface area contributed by atoms with Crippen LogP contribution < -0.4 is 10.5 Å². The molecule has 0 saturated carbocycles. The first-order chi connectivity index (χ1) is 18.6. The predicted molar refractivity (Wildman–Crippen MR) is 150 cm³/mol. The quantitative estimate of drug-likeness (QED) is 0.244. The molecule has 0 aliphatic carbocycles. The number of methoxy groups -OCH3 is 2. The highest BCUT2D eigenvalue weighted by Crippen LogP contribution is 2.33. The summed E-state index contributed by atoms with van der Waals surface area (Å²) < 4.78 is 38.7. The van der Waals surface area contributed by atoms with Gasteiger partial charge in [0.15, 0.2) is 9.84 Å². The third kappa shape index (κ3) is 6.85. The number of ketones is 1. The summed E-state index contributed by atoms with van der Waals surface area (Å²) in [6.07, 6.45) is 0.655. The topological polar surface area (TPSA) is 131 Å². The Kier molecular flexibility index (Phi) is 9.06. The lowest BCUT2D eigenvalue weighted by Gasteiger charge is -2.09. The zero-order valence-electron chi connectivity index (χ0n) is 21.4. The van der Waals surface area contributed by atoms with Crippen LogP contribution in [-0.4, -0.2) is 50.2 Å². The Bertz CT molecular complexity index is 1610. The van der Waals surface area contributed by atoms with Crippen molar-refractivity contribution in [2.24, 2.45) is 5.73 Å². The summed E-state index contributed by atoms with van der Waals surface area (Å²) in [6, 6.07) is 15.3. The number of ether oxygens (including phenoxy) is 2. The molecule has 0 fully saturated rings. The van der Waals surface area contributed by atoms with Gasteiger partial charge in [0.25, 0.3) is 0 Å². The Hall–Kier alpha value is -3.25. The van der Waals surface area contributed by atoms with E-state index in [4.69, 9.17) is 22.1 Å². The number of benzene rings is 2. The minimum Gasteiger partial charge on any atom is -0.496 e. The van der Waals surface area contributed by atoms with Gasteiger partial charge < -0.3 is 15.2 Å². The third-order valence-electron chi connectivity index (χ3n) is 6.18. The number of esters is 1. The molecule has 0 spiro atoms. The summed E-state index contributed by atoms with van der Waals surface area (Å²) in [4.78, 5) is 23.8. The monoisotopic (exact) mass is 589 g/mol. The van der Waals surface area contributed by atoms with Crippen LogP contribution in [0.25, 0.3) is 10.9 Å². The number of carbonyl (C=O) groups is 2. The molecular formula is C27H28ClN3O6S2. The summed E-state index contributed by atoms with van der Waals surface area (Å²) in [6.45, 7) is 0.379. The van der Waals surface area contributed by atoms with Gasteiger partial charge in [0.2, 0.25) is 0 Å². The van der Waals surface area contributed by atoms with Crippen molar-refractivity contribution >= 4 is 55.4 Å². The molecule has 206 valence electrons. The minimum absolute atomic E-state index is 0.0726. The van der Waals surface area contributed by atoms with Crippen molar-refractivity contribution in [2.75, 3.05) is 14.2 Å². The molecule has 0 radical (unpaired) electrons. The van der Waals surface area contributed by atoms with E-state index in [-0.39, 0.29) is 28.6 Å². The molecule has 0 saturated heterocycles. The van der Waals surface area contributed by atoms with Crippen LogP contribution in [-0.2, 0) is 42.9 Å². The molecule has 2 aromatic carbocycles. The van der Waals surface area contributed by atoms with Gasteiger partial charge in [0, 0.05) is 12.8 Å². The zero-order valence-corrected chi connectivity index (χ0v) is 23.8. The van der Waals surface area contributed by atoms with E-state index in [1.807, 2.05) is 36.4 Å². The molecule has 0 aliphatic rings. The number of carbonyl (C=O) groups excluding carboxylic acids is 2. The summed E-state index contributed by atoms with van der Waals surface area (Å²) >= 11 is 6.98. The van der Waals surface area contributed by atoms with E-state index >= 15 is 0 Å².